The lowest BCUT2D eigenvalue weighted by atomic mass is 10.1. The van der Waals surface area contributed by atoms with Crippen molar-refractivity contribution in [2.75, 3.05) is 19.0 Å². The molecule has 0 aromatic heterocycles. The van der Waals surface area contributed by atoms with Crippen LogP contribution < -0.4 is 10.6 Å². The number of esters is 1. The molecule has 3 rings (SSSR count). The highest BCUT2D eigenvalue weighted by Crippen LogP contribution is 2.32. The Hall–Kier alpha value is -2.59. The first-order chi connectivity index (χ1) is 12.6. The van der Waals surface area contributed by atoms with Crippen LogP contribution in [0.1, 0.15) is 39.9 Å². The minimum atomic E-state index is -0.314. The maximum Gasteiger partial charge on any atom is 0.337 e. The van der Waals surface area contributed by atoms with Gasteiger partial charge in [-0.2, -0.15) is 0 Å². The largest absolute Gasteiger partial charge is 0.465 e. The zero-order valence-electron chi connectivity index (χ0n) is 15.7. The Balaban J connectivity index is 1.67. The summed E-state index contributed by atoms with van der Waals surface area (Å²) in [7, 11) is 1.40. The second-order valence-electron chi connectivity index (χ2n) is 6.82. The topological polar surface area (TPSA) is 50.4 Å². The zero-order valence-corrected chi connectivity index (χ0v) is 15.7. The molecule has 4 nitrogen and oxygen atoms in total. The normalized spacial score (nSPS) is 12.7. The second-order valence-corrected chi connectivity index (χ2v) is 6.82. The van der Waals surface area contributed by atoms with Crippen molar-refractivity contribution in [1.82, 2.24) is 5.32 Å². The van der Waals surface area contributed by atoms with Crippen LogP contribution in [-0.4, -0.2) is 19.6 Å². The molecule has 2 N–H and O–H groups in total. The third kappa shape index (κ3) is 4.73. The fourth-order valence-corrected chi connectivity index (χ4v) is 2.94. The summed E-state index contributed by atoms with van der Waals surface area (Å²) in [6.45, 7) is 5.77. The summed E-state index contributed by atoms with van der Waals surface area (Å²) in [5.74, 6) is -0.314. The van der Waals surface area contributed by atoms with E-state index in [2.05, 4.69) is 41.8 Å². The lowest BCUT2D eigenvalue weighted by Crippen LogP contribution is -2.21. The van der Waals surface area contributed by atoms with Gasteiger partial charge >= 0.3 is 5.97 Å². The highest BCUT2D eigenvalue weighted by molar-refractivity contribution is 5.90. The van der Waals surface area contributed by atoms with Crippen molar-refractivity contribution in [2.45, 2.75) is 33.2 Å². The summed E-state index contributed by atoms with van der Waals surface area (Å²) in [6.07, 6.45) is 2.29. The summed E-state index contributed by atoms with van der Waals surface area (Å²) in [5.41, 5.74) is 7.85. The van der Waals surface area contributed by atoms with Gasteiger partial charge in [-0.25, -0.2) is 4.79 Å². The number of rotatable bonds is 7. The predicted molar refractivity (Wildman–Crippen MR) is 105 cm³/mol. The van der Waals surface area contributed by atoms with E-state index in [1.54, 1.807) is 6.07 Å². The minimum absolute atomic E-state index is 0.314. The van der Waals surface area contributed by atoms with E-state index in [1.807, 2.05) is 19.1 Å². The minimum Gasteiger partial charge on any atom is -0.465 e. The standard InChI is InChI=1S/C22H26N2O2/c1-15-5-4-6-17(11-15)13-23-14-21(18-9-10-18)24-20-12-19(22(25)26-3)8-7-16(20)2/h4-8,11-12,23-24H,9-10,13-14H2,1-3H3. The monoisotopic (exact) mass is 350 g/mol. The third-order valence-electron chi connectivity index (χ3n) is 4.58. The molecule has 1 aliphatic rings. The van der Waals surface area contributed by atoms with Crippen molar-refractivity contribution in [2.24, 2.45) is 0 Å². The first-order valence-corrected chi connectivity index (χ1v) is 9.00. The first kappa shape index (κ1) is 18.2. The summed E-state index contributed by atoms with van der Waals surface area (Å²) >= 11 is 0. The van der Waals surface area contributed by atoms with E-state index in [4.69, 9.17) is 4.74 Å². The number of benzene rings is 2. The number of aryl methyl sites for hydroxylation is 2. The van der Waals surface area contributed by atoms with Gasteiger partial charge in [0.1, 0.15) is 0 Å². The molecule has 0 radical (unpaired) electrons. The van der Waals surface area contributed by atoms with Gasteiger partial charge in [0.05, 0.1) is 12.7 Å². The lowest BCUT2D eigenvalue weighted by Gasteiger charge is -2.15. The molecule has 2 aromatic carbocycles. The number of carbonyl (C=O) groups is 1. The fourth-order valence-electron chi connectivity index (χ4n) is 2.94. The van der Waals surface area contributed by atoms with Crippen LogP contribution in [0, 0.1) is 13.8 Å². The SMILES string of the molecule is COC(=O)c1ccc(C)c(NC(CNCc2cccc(C)c2)=C2CC2)c1. The molecule has 0 amide bonds. The fraction of sp³-hybridized carbons (Fsp3) is 0.318. The van der Waals surface area contributed by atoms with E-state index in [0.717, 1.165) is 37.2 Å². The number of nitrogens with one attached hydrogen (secondary N) is 2. The van der Waals surface area contributed by atoms with Crippen LogP contribution in [0.4, 0.5) is 5.69 Å². The van der Waals surface area contributed by atoms with Crippen LogP contribution in [0.5, 0.6) is 0 Å². The van der Waals surface area contributed by atoms with Gasteiger partial charge in [-0.1, -0.05) is 35.9 Å². The predicted octanol–water partition coefficient (Wildman–Crippen LogP) is 4.34. The molecule has 4 heteroatoms. The number of allylic oxidation sites excluding steroid dienone is 1. The molecule has 0 atom stereocenters. The van der Waals surface area contributed by atoms with Crippen LogP contribution >= 0.6 is 0 Å². The number of hydrogen-bond acceptors (Lipinski definition) is 4. The van der Waals surface area contributed by atoms with Crippen LogP contribution in [0.15, 0.2) is 53.7 Å². The molecule has 0 saturated heterocycles. The summed E-state index contributed by atoms with van der Waals surface area (Å²) in [5, 5.41) is 7.06. The molecule has 0 bridgehead atoms. The Kier molecular flexibility index (Phi) is 5.74. The Morgan fingerprint density at radius 2 is 1.92 bits per heavy atom. The molecular formula is C22H26N2O2. The summed E-state index contributed by atoms with van der Waals surface area (Å²) < 4.78 is 4.83. The van der Waals surface area contributed by atoms with Crippen LogP contribution in [0.3, 0.4) is 0 Å². The Labute approximate surface area is 155 Å². The molecule has 0 heterocycles. The van der Waals surface area contributed by atoms with Crippen LogP contribution in [-0.2, 0) is 11.3 Å². The van der Waals surface area contributed by atoms with Gasteiger partial charge in [-0.05, 0) is 55.5 Å². The molecule has 136 valence electrons. The van der Waals surface area contributed by atoms with Crippen LogP contribution in [0.2, 0.25) is 0 Å². The molecule has 26 heavy (non-hydrogen) atoms. The van der Waals surface area contributed by atoms with Crippen molar-refractivity contribution in [3.63, 3.8) is 0 Å². The molecular weight excluding hydrogens is 324 g/mol. The average molecular weight is 350 g/mol. The van der Waals surface area contributed by atoms with Crippen molar-refractivity contribution < 1.29 is 9.53 Å². The molecule has 0 aliphatic heterocycles. The van der Waals surface area contributed by atoms with Gasteiger partial charge in [0.2, 0.25) is 0 Å². The molecule has 1 aliphatic carbocycles. The van der Waals surface area contributed by atoms with Gasteiger partial charge < -0.3 is 15.4 Å². The van der Waals surface area contributed by atoms with E-state index in [0.29, 0.717) is 5.56 Å². The van der Waals surface area contributed by atoms with Gasteiger partial charge in [-0.15, -0.1) is 0 Å². The molecule has 0 spiro atoms. The highest BCUT2D eigenvalue weighted by Gasteiger charge is 2.18. The van der Waals surface area contributed by atoms with E-state index in [-0.39, 0.29) is 5.97 Å². The lowest BCUT2D eigenvalue weighted by molar-refractivity contribution is 0.0601. The van der Waals surface area contributed by atoms with Gasteiger partial charge in [0, 0.05) is 24.5 Å². The van der Waals surface area contributed by atoms with E-state index in [1.165, 1.54) is 29.5 Å². The highest BCUT2D eigenvalue weighted by atomic mass is 16.5. The third-order valence-corrected chi connectivity index (χ3v) is 4.58. The molecule has 0 unspecified atom stereocenters. The quantitative estimate of drug-likeness (QED) is 0.730. The first-order valence-electron chi connectivity index (χ1n) is 9.00. The number of methoxy groups -OCH3 is 1. The Bertz CT molecular complexity index is 834. The van der Waals surface area contributed by atoms with E-state index in [9.17, 15) is 4.79 Å². The molecule has 1 saturated carbocycles. The van der Waals surface area contributed by atoms with E-state index >= 15 is 0 Å². The molecule has 2 aromatic rings. The van der Waals surface area contributed by atoms with E-state index < -0.39 is 0 Å². The Morgan fingerprint density at radius 1 is 1.12 bits per heavy atom. The van der Waals surface area contributed by atoms with Crippen molar-refractivity contribution in [1.29, 1.82) is 0 Å². The van der Waals surface area contributed by atoms with Crippen molar-refractivity contribution in [3.05, 3.63) is 76.0 Å². The Morgan fingerprint density at radius 3 is 2.62 bits per heavy atom. The molecule has 1 fully saturated rings. The van der Waals surface area contributed by atoms with Gasteiger partial charge in [-0.3, -0.25) is 0 Å². The summed E-state index contributed by atoms with van der Waals surface area (Å²) in [4.78, 5) is 11.8. The number of hydrogen-bond donors (Lipinski definition) is 2. The van der Waals surface area contributed by atoms with Gasteiger partial charge in [0.25, 0.3) is 0 Å². The van der Waals surface area contributed by atoms with Gasteiger partial charge in [0.15, 0.2) is 0 Å². The zero-order chi connectivity index (χ0) is 18.5. The maximum absolute atomic E-state index is 11.8. The van der Waals surface area contributed by atoms with Crippen molar-refractivity contribution in [3.8, 4) is 0 Å². The van der Waals surface area contributed by atoms with Crippen molar-refractivity contribution >= 4 is 11.7 Å². The van der Waals surface area contributed by atoms with Crippen LogP contribution in [0.25, 0.3) is 0 Å². The second kappa shape index (κ2) is 8.19. The average Bonchev–Trinajstić information content (AvgIpc) is 3.47. The smallest absolute Gasteiger partial charge is 0.337 e. The maximum atomic E-state index is 11.8. The summed E-state index contributed by atoms with van der Waals surface area (Å²) in [6, 6.07) is 14.2. The number of ether oxygens (including phenoxy) is 1. The number of anilines is 1. The number of carbonyl (C=O) groups excluding carboxylic acids is 1.